The third-order valence-corrected chi connectivity index (χ3v) is 4.78. The van der Waals surface area contributed by atoms with Crippen LogP contribution >= 0.6 is 0 Å². The largest absolute Gasteiger partial charge is 0.322 e. The number of carbonyl (C=O) groups is 2. The van der Waals surface area contributed by atoms with Gasteiger partial charge in [-0.25, -0.2) is 0 Å². The Labute approximate surface area is 174 Å². The molecule has 30 heavy (non-hydrogen) atoms. The van der Waals surface area contributed by atoms with E-state index in [0.29, 0.717) is 16.8 Å². The fraction of sp³-hybridized carbons (Fsp3) is 0.0833. The van der Waals surface area contributed by atoms with Crippen molar-refractivity contribution in [1.82, 2.24) is 9.97 Å². The second kappa shape index (κ2) is 8.13. The molecule has 0 aliphatic rings. The summed E-state index contributed by atoms with van der Waals surface area (Å²) < 4.78 is 0. The van der Waals surface area contributed by atoms with Crippen molar-refractivity contribution in [3.63, 3.8) is 0 Å². The molecule has 2 heterocycles. The van der Waals surface area contributed by atoms with Crippen molar-refractivity contribution < 1.29 is 9.59 Å². The Morgan fingerprint density at radius 1 is 0.800 bits per heavy atom. The lowest BCUT2D eigenvalue weighted by Crippen LogP contribution is -2.17. The molecule has 0 radical (unpaired) electrons. The first kappa shape index (κ1) is 19.3. The van der Waals surface area contributed by atoms with E-state index in [-0.39, 0.29) is 17.4 Å². The van der Waals surface area contributed by atoms with Gasteiger partial charge >= 0.3 is 0 Å². The fourth-order valence-corrected chi connectivity index (χ4v) is 3.15. The third-order valence-electron chi connectivity index (χ3n) is 4.78. The molecule has 148 valence electrons. The van der Waals surface area contributed by atoms with E-state index in [0.717, 1.165) is 22.2 Å². The SMILES string of the molecule is Cc1ccc(C)c(NC(=O)c2cncc(C(=O)Nc3cccc4cccnc34)c2)c1. The quantitative estimate of drug-likeness (QED) is 0.521. The summed E-state index contributed by atoms with van der Waals surface area (Å²) in [4.78, 5) is 33.9. The van der Waals surface area contributed by atoms with E-state index in [9.17, 15) is 9.59 Å². The standard InChI is InChI=1S/C24H20N4O2/c1-15-8-9-16(2)21(11-15)28-24(30)19-12-18(13-25-14-19)23(29)27-20-7-3-5-17-6-4-10-26-22(17)20/h3-14H,1-2H3,(H,27,29)(H,28,30). The number of carbonyl (C=O) groups excluding carboxylic acids is 2. The number of aryl methyl sites for hydroxylation is 2. The lowest BCUT2D eigenvalue weighted by Gasteiger charge is -2.11. The van der Waals surface area contributed by atoms with Gasteiger partial charge in [-0.15, -0.1) is 0 Å². The Morgan fingerprint density at radius 2 is 1.50 bits per heavy atom. The maximum atomic E-state index is 12.8. The smallest absolute Gasteiger partial charge is 0.257 e. The highest BCUT2D eigenvalue weighted by Crippen LogP contribution is 2.22. The van der Waals surface area contributed by atoms with E-state index >= 15 is 0 Å². The van der Waals surface area contributed by atoms with Crippen LogP contribution < -0.4 is 10.6 Å². The monoisotopic (exact) mass is 396 g/mol. The van der Waals surface area contributed by atoms with Gasteiger partial charge in [0.15, 0.2) is 0 Å². The number of rotatable bonds is 4. The number of nitrogens with one attached hydrogen (secondary N) is 2. The van der Waals surface area contributed by atoms with Crippen LogP contribution in [0.5, 0.6) is 0 Å². The molecule has 6 heteroatoms. The Kier molecular flexibility index (Phi) is 5.22. The topological polar surface area (TPSA) is 84.0 Å². The van der Waals surface area contributed by atoms with Gasteiger partial charge in [0.25, 0.3) is 11.8 Å². The molecule has 2 amide bonds. The predicted octanol–water partition coefficient (Wildman–Crippen LogP) is 4.75. The second-order valence-corrected chi connectivity index (χ2v) is 7.07. The van der Waals surface area contributed by atoms with Gasteiger partial charge in [-0.3, -0.25) is 19.6 Å². The molecular formula is C24H20N4O2. The summed E-state index contributed by atoms with van der Waals surface area (Å²) in [6.45, 7) is 3.89. The molecule has 0 atom stereocenters. The van der Waals surface area contributed by atoms with E-state index in [1.807, 2.05) is 56.3 Å². The van der Waals surface area contributed by atoms with Crippen molar-refractivity contribution >= 4 is 34.1 Å². The lowest BCUT2D eigenvalue weighted by molar-refractivity contribution is 0.102. The predicted molar refractivity (Wildman–Crippen MR) is 118 cm³/mol. The number of amides is 2. The lowest BCUT2D eigenvalue weighted by atomic mass is 10.1. The van der Waals surface area contributed by atoms with Gasteiger partial charge in [-0.05, 0) is 49.2 Å². The molecule has 0 unspecified atom stereocenters. The number of fused-ring (bicyclic) bond motifs is 1. The molecule has 2 N–H and O–H groups in total. The number of nitrogens with zero attached hydrogens (tertiary/aromatic N) is 2. The molecule has 2 aromatic heterocycles. The van der Waals surface area contributed by atoms with Crippen LogP contribution in [0, 0.1) is 13.8 Å². The molecule has 0 fully saturated rings. The number of aromatic nitrogens is 2. The molecule has 0 saturated heterocycles. The summed E-state index contributed by atoms with van der Waals surface area (Å²) in [5, 5.41) is 6.67. The van der Waals surface area contributed by atoms with Gasteiger partial charge in [0.05, 0.1) is 22.3 Å². The summed E-state index contributed by atoms with van der Waals surface area (Å²) in [6.07, 6.45) is 4.55. The first-order chi connectivity index (χ1) is 14.5. The number of hydrogen-bond donors (Lipinski definition) is 2. The average molecular weight is 396 g/mol. The van der Waals surface area contributed by atoms with Crippen LogP contribution in [-0.4, -0.2) is 21.8 Å². The van der Waals surface area contributed by atoms with Crippen molar-refractivity contribution in [2.24, 2.45) is 0 Å². The van der Waals surface area contributed by atoms with Crippen LogP contribution in [0.25, 0.3) is 10.9 Å². The summed E-state index contributed by atoms with van der Waals surface area (Å²) in [5.74, 6) is -0.681. The molecule has 0 aliphatic carbocycles. The van der Waals surface area contributed by atoms with Crippen molar-refractivity contribution in [2.75, 3.05) is 10.6 Å². The number of hydrogen-bond acceptors (Lipinski definition) is 4. The molecule has 4 aromatic rings. The highest BCUT2D eigenvalue weighted by atomic mass is 16.2. The first-order valence-electron chi connectivity index (χ1n) is 9.50. The number of para-hydroxylation sites is 1. The molecule has 0 saturated carbocycles. The van der Waals surface area contributed by atoms with Gasteiger partial charge in [0.1, 0.15) is 0 Å². The third kappa shape index (κ3) is 4.03. The summed E-state index contributed by atoms with van der Waals surface area (Å²) in [7, 11) is 0. The van der Waals surface area contributed by atoms with Crippen LogP contribution in [0.1, 0.15) is 31.8 Å². The maximum absolute atomic E-state index is 12.8. The van der Waals surface area contributed by atoms with Gasteiger partial charge in [-0.2, -0.15) is 0 Å². The van der Waals surface area contributed by atoms with E-state index in [4.69, 9.17) is 0 Å². The van der Waals surface area contributed by atoms with Gasteiger partial charge in [0.2, 0.25) is 0 Å². The zero-order valence-corrected chi connectivity index (χ0v) is 16.6. The zero-order valence-electron chi connectivity index (χ0n) is 16.6. The second-order valence-electron chi connectivity index (χ2n) is 7.07. The molecule has 4 rings (SSSR count). The van der Waals surface area contributed by atoms with Crippen molar-refractivity contribution in [1.29, 1.82) is 0 Å². The number of benzene rings is 2. The Bertz CT molecular complexity index is 1260. The number of anilines is 2. The van der Waals surface area contributed by atoms with Crippen LogP contribution in [-0.2, 0) is 0 Å². The number of pyridine rings is 2. The zero-order chi connectivity index (χ0) is 21.1. The fourth-order valence-electron chi connectivity index (χ4n) is 3.15. The van der Waals surface area contributed by atoms with Crippen LogP contribution in [0.2, 0.25) is 0 Å². The van der Waals surface area contributed by atoms with Crippen molar-refractivity contribution in [3.8, 4) is 0 Å². The molecule has 0 aliphatic heterocycles. The first-order valence-corrected chi connectivity index (χ1v) is 9.50. The van der Waals surface area contributed by atoms with Crippen molar-refractivity contribution in [2.45, 2.75) is 13.8 Å². The Morgan fingerprint density at radius 3 is 2.27 bits per heavy atom. The highest BCUT2D eigenvalue weighted by molar-refractivity contribution is 6.10. The molecular weight excluding hydrogens is 376 g/mol. The van der Waals surface area contributed by atoms with E-state index in [2.05, 4.69) is 20.6 Å². The van der Waals surface area contributed by atoms with Crippen LogP contribution in [0.3, 0.4) is 0 Å². The van der Waals surface area contributed by atoms with Gasteiger partial charge in [-0.1, -0.05) is 30.3 Å². The minimum Gasteiger partial charge on any atom is -0.322 e. The van der Waals surface area contributed by atoms with Crippen LogP contribution in [0.4, 0.5) is 11.4 Å². The van der Waals surface area contributed by atoms with Gasteiger partial charge < -0.3 is 10.6 Å². The summed E-state index contributed by atoms with van der Waals surface area (Å²) in [6, 6.07) is 16.7. The van der Waals surface area contributed by atoms with Crippen molar-refractivity contribution in [3.05, 3.63) is 95.4 Å². The van der Waals surface area contributed by atoms with E-state index < -0.39 is 0 Å². The normalized spacial score (nSPS) is 10.6. The van der Waals surface area contributed by atoms with E-state index in [1.54, 1.807) is 12.3 Å². The summed E-state index contributed by atoms with van der Waals surface area (Å²) in [5.41, 5.74) is 4.63. The summed E-state index contributed by atoms with van der Waals surface area (Å²) >= 11 is 0. The molecule has 0 spiro atoms. The minimum absolute atomic E-state index is 0.288. The van der Waals surface area contributed by atoms with Crippen LogP contribution in [0.15, 0.2) is 73.2 Å². The van der Waals surface area contributed by atoms with E-state index in [1.165, 1.54) is 18.5 Å². The minimum atomic E-state index is -0.359. The molecule has 6 nitrogen and oxygen atoms in total. The average Bonchev–Trinajstić information content (AvgIpc) is 2.76. The maximum Gasteiger partial charge on any atom is 0.257 e. The van der Waals surface area contributed by atoms with Gasteiger partial charge in [0, 0.05) is 29.7 Å². The Hall–Kier alpha value is -4.06. The highest BCUT2D eigenvalue weighted by Gasteiger charge is 2.14. The molecule has 2 aromatic carbocycles. The molecule has 0 bridgehead atoms. The Balaban J connectivity index is 1.56.